The number of nitrogens with zero attached hydrogens (tertiary/aromatic N) is 4. The van der Waals surface area contributed by atoms with Crippen LogP contribution in [0.4, 0.5) is 4.79 Å². The zero-order valence-electron chi connectivity index (χ0n) is 19.3. The van der Waals surface area contributed by atoms with Gasteiger partial charge in [-0.2, -0.15) is 5.06 Å². The lowest BCUT2D eigenvalue weighted by atomic mass is 10.1. The number of hydrogen-bond donors (Lipinski definition) is 1. The molecule has 0 aliphatic rings. The van der Waals surface area contributed by atoms with Gasteiger partial charge in [0.15, 0.2) is 5.75 Å². The minimum atomic E-state index is -0.778. The highest BCUT2D eigenvalue weighted by Crippen LogP contribution is 2.39. The zero-order chi connectivity index (χ0) is 24.0. The number of aromatic amines is 1. The molecule has 4 aromatic rings. The van der Waals surface area contributed by atoms with Crippen LogP contribution in [0.3, 0.4) is 0 Å². The van der Waals surface area contributed by atoms with Crippen LogP contribution < -0.4 is 16.0 Å². The van der Waals surface area contributed by atoms with Crippen molar-refractivity contribution in [2.24, 2.45) is 7.05 Å². The first-order valence-electron chi connectivity index (χ1n) is 10.3. The number of nitrogens with one attached hydrogen (secondary N) is 1. The summed E-state index contributed by atoms with van der Waals surface area (Å²) in [6, 6.07) is 3.61. The molecule has 1 N–H and O–H groups in total. The number of amides is 1. The second-order valence-corrected chi connectivity index (χ2v) is 9.08. The Balaban J connectivity index is 2.01. The number of aromatic nitrogens is 4. The summed E-state index contributed by atoms with van der Waals surface area (Å²) in [7, 11) is 4.17. The van der Waals surface area contributed by atoms with E-state index in [-0.39, 0.29) is 17.2 Å². The first kappa shape index (κ1) is 22.7. The van der Waals surface area contributed by atoms with Crippen LogP contribution in [0.1, 0.15) is 36.0 Å². The van der Waals surface area contributed by atoms with Crippen LogP contribution >= 0.6 is 11.3 Å². The van der Waals surface area contributed by atoms with E-state index in [1.165, 1.54) is 32.5 Å². The molecule has 0 atom stereocenters. The molecule has 0 radical (unpaired) electrons. The largest absolute Gasteiger partial charge is 0.439 e. The lowest BCUT2D eigenvalue weighted by molar-refractivity contribution is -0.0789. The molecule has 0 aliphatic carbocycles. The molecule has 0 fully saturated rings. The lowest BCUT2D eigenvalue weighted by Crippen LogP contribution is -2.38. The number of hydrogen-bond acceptors (Lipinski definition) is 7. The Bertz CT molecular complexity index is 1490. The van der Waals surface area contributed by atoms with Gasteiger partial charge in [-0.3, -0.25) is 18.8 Å². The number of fused-ring (bicyclic) bond motifs is 2. The summed E-state index contributed by atoms with van der Waals surface area (Å²) in [6.45, 7) is 5.67. The predicted molar refractivity (Wildman–Crippen MR) is 126 cm³/mol. The van der Waals surface area contributed by atoms with Crippen LogP contribution in [0, 0.1) is 6.92 Å². The van der Waals surface area contributed by atoms with E-state index in [0.29, 0.717) is 16.1 Å². The van der Waals surface area contributed by atoms with Gasteiger partial charge in [0, 0.05) is 43.8 Å². The molecule has 0 saturated carbocycles. The third kappa shape index (κ3) is 3.72. The number of H-pyrrole nitrogens is 1. The fraction of sp³-hybridized carbons (Fsp3) is 0.364. The maximum absolute atomic E-state index is 13.2. The second-order valence-electron chi connectivity index (χ2n) is 8.00. The molecule has 4 rings (SSSR count). The first-order chi connectivity index (χ1) is 15.6. The fourth-order valence-corrected chi connectivity index (χ4v) is 5.17. The quantitative estimate of drug-likeness (QED) is 0.448. The normalized spacial score (nSPS) is 11.6. The Morgan fingerprint density at radius 2 is 2.06 bits per heavy atom. The predicted octanol–water partition coefficient (Wildman–Crippen LogP) is 3.11. The van der Waals surface area contributed by atoms with Crippen molar-refractivity contribution in [3.05, 3.63) is 55.3 Å². The highest BCUT2D eigenvalue weighted by molar-refractivity contribution is 7.19. The summed E-state index contributed by atoms with van der Waals surface area (Å²) < 4.78 is 8.27. The number of pyridine rings is 1. The number of carbonyl (C=O) groups excluding carboxylic acids is 1. The third-order valence-corrected chi connectivity index (χ3v) is 6.78. The van der Waals surface area contributed by atoms with Crippen LogP contribution in [-0.4, -0.2) is 44.4 Å². The van der Waals surface area contributed by atoms with Crippen molar-refractivity contribution >= 4 is 38.7 Å². The Morgan fingerprint density at radius 3 is 2.73 bits per heavy atom. The van der Waals surface area contributed by atoms with Crippen molar-refractivity contribution in [3.63, 3.8) is 0 Å². The van der Waals surface area contributed by atoms with Gasteiger partial charge in [-0.05, 0) is 38.5 Å². The Hall–Kier alpha value is -3.44. The van der Waals surface area contributed by atoms with E-state index in [4.69, 9.17) is 9.57 Å². The zero-order valence-corrected chi connectivity index (χ0v) is 20.1. The minimum Gasteiger partial charge on any atom is -0.407 e. The van der Waals surface area contributed by atoms with Gasteiger partial charge in [0.2, 0.25) is 0 Å². The monoisotopic (exact) mass is 471 g/mol. The van der Waals surface area contributed by atoms with E-state index < -0.39 is 17.3 Å². The standard InChI is InChI=1S/C22H25N5O5S/c1-11(2)27-20-16(19(28)25(4)21(27)29)17(32-22(30)26(5)31-6)15(33-20)10-14-12(3)24-18-13(14)8-7-9-23-18/h7-9,11H,10H2,1-6H3,(H,23,24). The van der Waals surface area contributed by atoms with E-state index in [0.717, 1.165) is 31.9 Å². The summed E-state index contributed by atoms with van der Waals surface area (Å²) in [5.41, 5.74) is 1.70. The number of rotatable bonds is 5. The average Bonchev–Trinajstić information content (AvgIpc) is 3.28. The SMILES string of the molecule is CON(C)C(=O)Oc1c(Cc2c(C)[nH]c3ncccc23)sc2c1c(=O)n(C)c(=O)n2C(C)C. The van der Waals surface area contributed by atoms with Crippen molar-refractivity contribution in [1.29, 1.82) is 0 Å². The number of carbonyl (C=O) groups is 1. The molecule has 0 bridgehead atoms. The molecule has 4 heterocycles. The summed E-state index contributed by atoms with van der Waals surface area (Å²) in [6.07, 6.45) is 1.31. The van der Waals surface area contributed by atoms with Crippen molar-refractivity contribution in [3.8, 4) is 5.75 Å². The Kier molecular flexibility index (Phi) is 5.85. The summed E-state index contributed by atoms with van der Waals surface area (Å²) >= 11 is 1.27. The molecule has 10 nitrogen and oxygen atoms in total. The molecule has 174 valence electrons. The Labute approximate surface area is 192 Å². The smallest absolute Gasteiger partial charge is 0.407 e. The number of thiophene rings is 1. The fourth-order valence-electron chi connectivity index (χ4n) is 3.81. The molecule has 0 aliphatic heterocycles. The molecule has 0 unspecified atom stereocenters. The van der Waals surface area contributed by atoms with E-state index in [2.05, 4.69) is 9.97 Å². The van der Waals surface area contributed by atoms with Gasteiger partial charge in [-0.25, -0.2) is 14.6 Å². The number of ether oxygens (including phenoxy) is 1. The number of hydroxylamine groups is 2. The van der Waals surface area contributed by atoms with E-state index in [9.17, 15) is 14.4 Å². The molecule has 33 heavy (non-hydrogen) atoms. The van der Waals surface area contributed by atoms with Crippen LogP contribution in [0.2, 0.25) is 0 Å². The van der Waals surface area contributed by atoms with Crippen LogP contribution in [-0.2, 0) is 18.3 Å². The van der Waals surface area contributed by atoms with Crippen molar-refractivity contribution < 1.29 is 14.4 Å². The number of aryl methyl sites for hydroxylation is 1. The Morgan fingerprint density at radius 1 is 1.33 bits per heavy atom. The van der Waals surface area contributed by atoms with Gasteiger partial charge < -0.3 is 9.72 Å². The highest BCUT2D eigenvalue weighted by Gasteiger charge is 2.27. The van der Waals surface area contributed by atoms with Crippen molar-refractivity contribution in [2.75, 3.05) is 14.2 Å². The highest BCUT2D eigenvalue weighted by atomic mass is 32.1. The molecule has 11 heteroatoms. The molecule has 1 amide bonds. The van der Waals surface area contributed by atoms with Gasteiger partial charge in [0.25, 0.3) is 5.56 Å². The molecule has 0 spiro atoms. The third-order valence-electron chi connectivity index (χ3n) is 5.61. The van der Waals surface area contributed by atoms with Crippen LogP contribution in [0.5, 0.6) is 5.75 Å². The molecular formula is C22H25N5O5S. The van der Waals surface area contributed by atoms with Gasteiger partial charge in [-0.15, -0.1) is 11.3 Å². The van der Waals surface area contributed by atoms with Crippen molar-refractivity contribution in [1.82, 2.24) is 24.2 Å². The topological polar surface area (TPSA) is 111 Å². The summed E-state index contributed by atoms with van der Waals surface area (Å²) in [4.78, 5) is 52.3. The lowest BCUT2D eigenvalue weighted by Gasteiger charge is -2.15. The maximum atomic E-state index is 13.2. The van der Waals surface area contributed by atoms with E-state index in [1.807, 2.05) is 32.9 Å². The van der Waals surface area contributed by atoms with Gasteiger partial charge in [0.05, 0.1) is 12.0 Å². The minimum absolute atomic E-state index is 0.136. The summed E-state index contributed by atoms with van der Waals surface area (Å²) in [5.74, 6) is 0.136. The van der Waals surface area contributed by atoms with Gasteiger partial charge >= 0.3 is 11.8 Å². The van der Waals surface area contributed by atoms with Crippen molar-refractivity contribution in [2.45, 2.75) is 33.2 Å². The molecule has 0 aromatic carbocycles. The first-order valence-corrected chi connectivity index (χ1v) is 11.2. The van der Waals surface area contributed by atoms with E-state index >= 15 is 0 Å². The summed E-state index contributed by atoms with van der Waals surface area (Å²) in [5, 5.41) is 2.06. The molecule has 4 aromatic heterocycles. The van der Waals surface area contributed by atoms with Gasteiger partial charge in [-0.1, -0.05) is 0 Å². The average molecular weight is 472 g/mol. The van der Waals surface area contributed by atoms with Crippen LogP contribution in [0.25, 0.3) is 21.3 Å². The maximum Gasteiger partial charge on any atom is 0.439 e. The van der Waals surface area contributed by atoms with E-state index in [1.54, 1.807) is 10.8 Å². The second kappa shape index (κ2) is 8.49. The van der Waals surface area contributed by atoms with Crippen LogP contribution in [0.15, 0.2) is 27.9 Å². The molecule has 0 saturated heterocycles. The van der Waals surface area contributed by atoms with Gasteiger partial charge in [0.1, 0.15) is 15.9 Å². The molecular weight excluding hydrogens is 446 g/mol.